The highest BCUT2D eigenvalue weighted by Gasteiger charge is 2.66. The second-order valence-electron chi connectivity index (χ2n) is 9.19. The number of anilines is 1. The van der Waals surface area contributed by atoms with Crippen LogP contribution >= 0.6 is 0 Å². The highest BCUT2D eigenvalue weighted by Crippen LogP contribution is 2.49. The van der Waals surface area contributed by atoms with E-state index in [1.54, 1.807) is 66.5 Å². The Morgan fingerprint density at radius 2 is 1.82 bits per heavy atom. The maximum Gasteiger partial charge on any atom is 0.338 e. The van der Waals surface area contributed by atoms with E-state index in [0.29, 0.717) is 22.3 Å². The van der Waals surface area contributed by atoms with Crippen molar-refractivity contribution in [1.82, 2.24) is 19.5 Å². The van der Waals surface area contributed by atoms with Crippen LogP contribution in [0.1, 0.15) is 26.9 Å². The zero-order valence-electron chi connectivity index (χ0n) is 21.0. The molecule has 198 valence electrons. The Kier molecular flexibility index (Phi) is 6.39. The van der Waals surface area contributed by atoms with Crippen molar-refractivity contribution in [2.24, 2.45) is 0 Å². The molecule has 4 aromatic rings. The van der Waals surface area contributed by atoms with Crippen molar-refractivity contribution in [2.75, 3.05) is 19.0 Å². The van der Waals surface area contributed by atoms with E-state index in [-0.39, 0.29) is 18.3 Å². The molecule has 11 heteroatoms. The van der Waals surface area contributed by atoms with Crippen LogP contribution in [0.2, 0.25) is 0 Å². The van der Waals surface area contributed by atoms with Crippen LogP contribution in [0.3, 0.4) is 0 Å². The van der Waals surface area contributed by atoms with Crippen LogP contribution in [-0.4, -0.2) is 69.0 Å². The molecule has 0 unspecified atom stereocenters. The molecule has 0 radical (unpaired) electrons. The van der Waals surface area contributed by atoms with E-state index in [4.69, 9.17) is 18.9 Å². The number of carbonyl (C=O) groups excluding carboxylic acids is 2. The molecule has 2 aromatic heterocycles. The number of nitrogens with one attached hydrogen (secondary N) is 1. The Bertz CT molecular complexity index is 1530. The fraction of sp³-hybridized carbons (Fsp3) is 0.250. The molecule has 11 nitrogen and oxygen atoms in total. The zero-order valence-corrected chi connectivity index (χ0v) is 21.0. The molecule has 2 saturated heterocycles. The quantitative estimate of drug-likeness (QED) is 0.272. The summed E-state index contributed by atoms with van der Waals surface area (Å²) in [6, 6.07) is 17.5. The highest BCUT2D eigenvalue weighted by molar-refractivity contribution is 6.06. The number of benzene rings is 2. The van der Waals surface area contributed by atoms with E-state index in [0.717, 1.165) is 0 Å². The number of imidazole rings is 1. The summed E-state index contributed by atoms with van der Waals surface area (Å²) in [4.78, 5) is 38.7. The van der Waals surface area contributed by atoms with Crippen molar-refractivity contribution in [1.29, 1.82) is 0 Å². The first-order valence-electron chi connectivity index (χ1n) is 12.3. The first-order chi connectivity index (χ1) is 19.1. The number of fused-ring (bicyclic) bond motifs is 3. The fourth-order valence-corrected chi connectivity index (χ4v) is 5.16. The number of hydrogen-bond acceptors (Lipinski definition) is 9. The molecule has 1 N–H and O–H groups in total. The molecule has 0 saturated carbocycles. The molecule has 39 heavy (non-hydrogen) atoms. The van der Waals surface area contributed by atoms with Gasteiger partial charge in [0, 0.05) is 12.7 Å². The standard InChI is InChI=1S/C28H25N5O6/c1-3-19(38-27(35)18-12-8-5-9-13-18)28-14-37-21(22(28)36-2)26(39-28)33-16-31-20-23(29-15-30-24(20)33)32-25(34)17-10-6-4-7-11-17/h3-13,15-16,19,21-22,26H,1,14H2,2H3,(H,29,30,32,34)/t19-,21+,22-,26+,28+/m0/s1. The Balaban J connectivity index is 1.29. The van der Waals surface area contributed by atoms with Gasteiger partial charge in [-0.05, 0) is 30.3 Å². The number of amides is 1. The Morgan fingerprint density at radius 3 is 2.51 bits per heavy atom. The van der Waals surface area contributed by atoms with Crippen molar-refractivity contribution in [3.05, 3.63) is 97.1 Å². The molecule has 2 aliphatic heterocycles. The molecule has 2 bridgehead atoms. The molecular weight excluding hydrogens is 502 g/mol. The minimum atomic E-state index is -1.15. The number of nitrogens with zero attached hydrogens (tertiary/aromatic N) is 4. The minimum absolute atomic E-state index is 0.130. The Hall–Kier alpha value is -4.45. The lowest BCUT2D eigenvalue weighted by Gasteiger charge is -2.36. The first-order valence-corrected chi connectivity index (χ1v) is 12.3. The van der Waals surface area contributed by atoms with Crippen LogP contribution in [0.15, 0.2) is 86.0 Å². The van der Waals surface area contributed by atoms with Gasteiger partial charge in [-0.1, -0.05) is 43.0 Å². The first kappa shape index (κ1) is 24.9. The van der Waals surface area contributed by atoms with Gasteiger partial charge in [0.2, 0.25) is 0 Å². The van der Waals surface area contributed by atoms with E-state index >= 15 is 0 Å². The number of hydrogen-bond donors (Lipinski definition) is 1. The number of carbonyl (C=O) groups is 2. The van der Waals surface area contributed by atoms with Crippen molar-refractivity contribution in [3.8, 4) is 0 Å². The van der Waals surface area contributed by atoms with Crippen molar-refractivity contribution >= 4 is 28.9 Å². The van der Waals surface area contributed by atoms with Gasteiger partial charge >= 0.3 is 5.97 Å². The monoisotopic (exact) mass is 527 g/mol. The molecule has 0 spiro atoms. The van der Waals surface area contributed by atoms with E-state index in [2.05, 4.69) is 26.8 Å². The smallest absolute Gasteiger partial charge is 0.338 e. The average Bonchev–Trinajstić information content (AvgIpc) is 3.67. The molecule has 5 atom stereocenters. The van der Waals surface area contributed by atoms with Gasteiger partial charge in [0.05, 0.1) is 18.5 Å². The predicted molar refractivity (Wildman–Crippen MR) is 139 cm³/mol. The SMILES string of the molecule is C=C[C@H](OC(=O)c1ccccc1)[C@@]12CO[C@@H]([C@H](n3cnc4c(NC(=O)c5ccccc5)ncnc43)O1)[C@@H]2OC. The third-order valence-corrected chi connectivity index (χ3v) is 7.00. The molecule has 4 heterocycles. The summed E-state index contributed by atoms with van der Waals surface area (Å²) in [7, 11) is 1.55. The van der Waals surface area contributed by atoms with Crippen molar-refractivity contribution in [2.45, 2.75) is 30.1 Å². The molecule has 1 amide bonds. The second kappa shape index (κ2) is 10.0. The van der Waals surface area contributed by atoms with Crippen LogP contribution in [0.4, 0.5) is 5.82 Å². The van der Waals surface area contributed by atoms with E-state index in [1.165, 1.54) is 12.4 Å². The lowest BCUT2D eigenvalue weighted by atomic mass is 9.92. The van der Waals surface area contributed by atoms with Gasteiger partial charge in [0.1, 0.15) is 18.5 Å². The van der Waals surface area contributed by atoms with E-state index < -0.39 is 36.1 Å². The average molecular weight is 528 g/mol. The Morgan fingerprint density at radius 1 is 1.10 bits per heavy atom. The van der Waals surface area contributed by atoms with Gasteiger partial charge in [0.15, 0.2) is 34.9 Å². The highest BCUT2D eigenvalue weighted by atomic mass is 16.7. The zero-order chi connectivity index (χ0) is 27.0. The lowest BCUT2D eigenvalue weighted by Crippen LogP contribution is -2.52. The summed E-state index contributed by atoms with van der Waals surface area (Å²) in [6.07, 6.45) is 1.70. The maximum atomic E-state index is 12.9. The predicted octanol–water partition coefficient (Wildman–Crippen LogP) is 3.17. The summed E-state index contributed by atoms with van der Waals surface area (Å²) in [5.74, 6) is -0.576. The van der Waals surface area contributed by atoms with Crippen molar-refractivity contribution in [3.63, 3.8) is 0 Å². The van der Waals surface area contributed by atoms with Crippen LogP contribution in [-0.2, 0) is 18.9 Å². The van der Waals surface area contributed by atoms with Gasteiger partial charge in [-0.3, -0.25) is 9.36 Å². The lowest BCUT2D eigenvalue weighted by molar-refractivity contribution is -0.200. The largest absolute Gasteiger partial charge is 0.451 e. The van der Waals surface area contributed by atoms with Crippen LogP contribution < -0.4 is 5.32 Å². The summed E-state index contributed by atoms with van der Waals surface area (Å²) in [5.41, 5.74) is 0.550. The van der Waals surface area contributed by atoms with Gasteiger partial charge in [0.25, 0.3) is 5.91 Å². The molecule has 0 aliphatic carbocycles. The number of rotatable bonds is 8. The topological polar surface area (TPSA) is 127 Å². The van der Waals surface area contributed by atoms with Crippen LogP contribution in [0.25, 0.3) is 11.2 Å². The van der Waals surface area contributed by atoms with Gasteiger partial charge in [-0.2, -0.15) is 0 Å². The molecule has 2 aromatic carbocycles. The number of esters is 1. The second-order valence-corrected chi connectivity index (χ2v) is 9.19. The van der Waals surface area contributed by atoms with E-state index in [9.17, 15) is 9.59 Å². The summed E-state index contributed by atoms with van der Waals surface area (Å²) < 4.78 is 26.0. The molecule has 2 aliphatic rings. The van der Waals surface area contributed by atoms with Crippen LogP contribution in [0.5, 0.6) is 0 Å². The van der Waals surface area contributed by atoms with Gasteiger partial charge in [-0.15, -0.1) is 0 Å². The molecule has 6 rings (SSSR count). The summed E-state index contributed by atoms with van der Waals surface area (Å²) in [5, 5.41) is 2.80. The Labute approximate surface area is 223 Å². The third-order valence-electron chi connectivity index (χ3n) is 7.00. The number of ether oxygens (including phenoxy) is 4. The van der Waals surface area contributed by atoms with Crippen molar-refractivity contribution < 1.29 is 28.5 Å². The summed E-state index contributed by atoms with van der Waals surface area (Å²) in [6.45, 7) is 4.02. The summed E-state index contributed by atoms with van der Waals surface area (Å²) >= 11 is 0. The normalized spacial score (nSPS) is 24.4. The number of methoxy groups -OCH3 is 1. The van der Waals surface area contributed by atoms with E-state index in [1.807, 2.05) is 12.1 Å². The van der Waals surface area contributed by atoms with Gasteiger partial charge < -0.3 is 24.3 Å². The molecule has 2 fully saturated rings. The minimum Gasteiger partial charge on any atom is -0.451 e. The van der Waals surface area contributed by atoms with Gasteiger partial charge in [-0.25, -0.2) is 19.7 Å². The maximum absolute atomic E-state index is 12.9. The van der Waals surface area contributed by atoms with Crippen LogP contribution in [0, 0.1) is 0 Å². The third kappa shape index (κ3) is 4.16. The fourth-order valence-electron chi connectivity index (χ4n) is 5.16. The number of aromatic nitrogens is 4. The molecular formula is C28H25N5O6.